The summed E-state index contributed by atoms with van der Waals surface area (Å²) in [4.78, 5) is 18.1. The van der Waals surface area contributed by atoms with Crippen molar-refractivity contribution in [2.45, 2.75) is 32.3 Å². The molecule has 3 unspecified atom stereocenters. The zero-order valence-corrected chi connectivity index (χ0v) is 18.5. The molecule has 0 aliphatic carbocycles. The molecule has 2 N–H and O–H groups in total. The van der Waals surface area contributed by atoms with Crippen LogP contribution in [-0.4, -0.2) is 70.3 Å². The zero-order chi connectivity index (χ0) is 21.3. The fourth-order valence-electron chi connectivity index (χ4n) is 3.85. The normalized spacial score (nSPS) is 24.5. The van der Waals surface area contributed by atoms with Gasteiger partial charge in [-0.05, 0) is 31.7 Å². The summed E-state index contributed by atoms with van der Waals surface area (Å²) in [5.74, 6) is 1.51. The molecule has 2 aliphatic rings. The lowest BCUT2D eigenvalue weighted by atomic mass is 9.89. The third-order valence-electron chi connectivity index (χ3n) is 5.84. The highest BCUT2D eigenvalue weighted by atomic mass is 16.5. The maximum atomic E-state index is 12.0. The van der Waals surface area contributed by atoms with Crippen molar-refractivity contribution in [1.82, 2.24) is 15.5 Å². The highest BCUT2D eigenvalue weighted by Gasteiger charge is 2.27. The molecule has 2 saturated heterocycles. The summed E-state index contributed by atoms with van der Waals surface area (Å²) in [6, 6.07) is 8.62. The second-order valence-corrected chi connectivity index (χ2v) is 8.55. The molecule has 166 valence electrons. The summed E-state index contributed by atoms with van der Waals surface area (Å²) in [6.45, 7) is 6.18. The van der Waals surface area contributed by atoms with E-state index in [0.717, 1.165) is 52.2 Å². The van der Waals surface area contributed by atoms with E-state index in [2.05, 4.69) is 46.8 Å². The Hall–Kier alpha value is -2.12. The van der Waals surface area contributed by atoms with Crippen molar-refractivity contribution in [2.24, 2.45) is 16.8 Å². The summed E-state index contributed by atoms with van der Waals surface area (Å²) in [6.07, 6.45) is 3.31. The van der Waals surface area contributed by atoms with Crippen LogP contribution in [0.3, 0.4) is 0 Å². The predicted molar refractivity (Wildman–Crippen MR) is 119 cm³/mol. The van der Waals surface area contributed by atoms with Crippen molar-refractivity contribution in [3.8, 4) is 0 Å². The standard InChI is InChI=1S/C23H36N4O3/c1-17-6-8-19(9-7-17)22-20(5-4-11-30-22)14-25-23(26-15-21(28)27(2)3)24-13-18-10-12-29-16-18/h6-9,18,20,22H,4-5,10-16H2,1-3H3,(H2,24,25,26). The highest BCUT2D eigenvalue weighted by molar-refractivity contribution is 5.84. The van der Waals surface area contributed by atoms with Crippen molar-refractivity contribution < 1.29 is 14.3 Å². The van der Waals surface area contributed by atoms with E-state index in [-0.39, 0.29) is 18.6 Å². The van der Waals surface area contributed by atoms with Gasteiger partial charge in [0.05, 0.1) is 12.7 Å². The van der Waals surface area contributed by atoms with Gasteiger partial charge in [0.1, 0.15) is 6.54 Å². The zero-order valence-electron chi connectivity index (χ0n) is 18.5. The molecule has 7 heteroatoms. The molecule has 30 heavy (non-hydrogen) atoms. The van der Waals surface area contributed by atoms with Gasteiger partial charge in [-0.1, -0.05) is 29.8 Å². The van der Waals surface area contributed by atoms with E-state index in [4.69, 9.17) is 9.47 Å². The van der Waals surface area contributed by atoms with E-state index in [0.29, 0.717) is 17.8 Å². The Bertz CT molecular complexity index is 699. The molecule has 7 nitrogen and oxygen atoms in total. The van der Waals surface area contributed by atoms with Crippen molar-refractivity contribution in [3.05, 3.63) is 35.4 Å². The Kier molecular flexibility index (Phi) is 8.51. The van der Waals surface area contributed by atoms with Gasteiger partial charge in [-0.2, -0.15) is 0 Å². The van der Waals surface area contributed by atoms with Crippen molar-refractivity contribution in [2.75, 3.05) is 53.6 Å². The minimum Gasteiger partial charge on any atom is -0.381 e. The fourth-order valence-corrected chi connectivity index (χ4v) is 3.85. The number of hydrogen-bond acceptors (Lipinski definition) is 4. The van der Waals surface area contributed by atoms with Gasteiger partial charge >= 0.3 is 0 Å². The first-order valence-electron chi connectivity index (χ1n) is 11.0. The summed E-state index contributed by atoms with van der Waals surface area (Å²) in [5.41, 5.74) is 2.48. The molecule has 3 rings (SSSR count). The van der Waals surface area contributed by atoms with E-state index in [1.807, 2.05) is 0 Å². The van der Waals surface area contributed by atoms with E-state index in [9.17, 15) is 4.79 Å². The third kappa shape index (κ3) is 6.71. The molecule has 0 aromatic heterocycles. The molecule has 0 saturated carbocycles. The molecule has 0 spiro atoms. The number of nitrogens with zero attached hydrogens (tertiary/aromatic N) is 2. The molecule has 3 atom stereocenters. The number of aliphatic imine (C=N–C) groups is 1. The highest BCUT2D eigenvalue weighted by Crippen LogP contribution is 2.33. The molecule has 2 heterocycles. The second-order valence-electron chi connectivity index (χ2n) is 8.55. The van der Waals surface area contributed by atoms with Crippen LogP contribution in [0.5, 0.6) is 0 Å². The summed E-state index contributed by atoms with van der Waals surface area (Å²) in [5, 5.41) is 6.87. The van der Waals surface area contributed by atoms with Crippen LogP contribution in [0.1, 0.15) is 36.5 Å². The van der Waals surface area contributed by atoms with Crippen LogP contribution in [0.2, 0.25) is 0 Å². The average molecular weight is 417 g/mol. The summed E-state index contributed by atoms with van der Waals surface area (Å²) in [7, 11) is 3.50. The molecule has 1 amide bonds. The van der Waals surface area contributed by atoms with Gasteiger partial charge in [0, 0.05) is 52.2 Å². The SMILES string of the molecule is Cc1ccc(C2OCCCC2CNC(=NCC(=O)N(C)C)NCC2CCOC2)cc1. The largest absolute Gasteiger partial charge is 0.381 e. The van der Waals surface area contributed by atoms with Crippen LogP contribution < -0.4 is 10.6 Å². The predicted octanol–water partition coefficient (Wildman–Crippen LogP) is 2.12. The monoisotopic (exact) mass is 416 g/mol. The Morgan fingerprint density at radius 2 is 1.90 bits per heavy atom. The smallest absolute Gasteiger partial charge is 0.243 e. The molecule has 0 radical (unpaired) electrons. The number of ether oxygens (including phenoxy) is 2. The van der Waals surface area contributed by atoms with Gasteiger partial charge in [-0.15, -0.1) is 0 Å². The molecule has 1 aromatic carbocycles. The van der Waals surface area contributed by atoms with E-state index >= 15 is 0 Å². The van der Waals surface area contributed by atoms with Gasteiger partial charge in [0.25, 0.3) is 0 Å². The number of guanidine groups is 1. The maximum Gasteiger partial charge on any atom is 0.243 e. The Labute approximate surface area is 180 Å². The molecule has 0 bridgehead atoms. The van der Waals surface area contributed by atoms with Crippen LogP contribution in [0.15, 0.2) is 29.3 Å². The number of nitrogens with one attached hydrogen (secondary N) is 2. The van der Waals surface area contributed by atoms with Crippen LogP contribution in [0.25, 0.3) is 0 Å². The Morgan fingerprint density at radius 1 is 1.13 bits per heavy atom. The number of carbonyl (C=O) groups is 1. The van der Waals surface area contributed by atoms with Gasteiger partial charge in [0.2, 0.25) is 5.91 Å². The minimum atomic E-state index is -0.0150. The number of likely N-dealkylation sites (N-methyl/N-ethyl adjacent to an activating group) is 1. The quantitative estimate of drug-likeness (QED) is 0.526. The van der Waals surface area contributed by atoms with Gasteiger partial charge < -0.3 is 25.0 Å². The van der Waals surface area contributed by atoms with Crippen LogP contribution >= 0.6 is 0 Å². The lowest BCUT2D eigenvalue weighted by Crippen LogP contribution is -2.44. The third-order valence-corrected chi connectivity index (χ3v) is 5.84. The van der Waals surface area contributed by atoms with Crippen LogP contribution in [0, 0.1) is 18.8 Å². The van der Waals surface area contributed by atoms with Crippen LogP contribution in [-0.2, 0) is 14.3 Å². The minimum absolute atomic E-state index is 0.0150. The number of aryl methyl sites for hydroxylation is 1. The summed E-state index contributed by atoms with van der Waals surface area (Å²) < 4.78 is 11.6. The lowest BCUT2D eigenvalue weighted by Gasteiger charge is -2.32. The second kappa shape index (κ2) is 11.3. The number of benzene rings is 1. The molecular weight excluding hydrogens is 380 g/mol. The number of hydrogen-bond donors (Lipinski definition) is 2. The van der Waals surface area contributed by atoms with Gasteiger partial charge in [-0.25, -0.2) is 4.99 Å². The average Bonchev–Trinajstić information content (AvgIpc) is 3.27. The van der Waals surface area contributed by atoms with Gasteiger partial charge in [-0.3, -0.25) is 4.79 Å². The first kappa shape index (κ1) is 22.6. The Balaban J connectivity index is 1.61. The Morgan fingerprint density at radius 3 is 2.60 bits per heavy atom. The first-order chi connectivity index (χ1) is 14.5. The van der Waals surface area contributed by atoms with Crippen LogP contribution in [0.4, 0.5) is 0 Å². The molecule has 2 aliphatic heterocycles. The molecule has 1 aromatic rings. The molecular formula is C23H36N4O3. The van der Waals surface area contributed by atoms with Gasteiger partial charge in [0.15, 0.2) is 5.96 Å². The maximum absolute atomic E-state index is 12.0. The fraction of sp³-hybridized carbons (Fsp3) is 0.652. The lowest BCUT2D eigenvalue weighted by molar-refractivity contribution is -0.127. The van der Waals surface area contributed by atoms with E-state index in [1.54, 1.807) is 19.0 Å². The van der Waals surface area contributed by atoms with E-state index in [1.165, 1.54) is 11.1 Å². The van der Waals surface area contributed by atoms with Crippen molar-refractivity contribution >= 4 is 11.9 Å². The van der Waals surface area contributed by atoms with E-state index < -0.39 is 0 Å². The first-order valence-corrected chi connectivity index (χ1v) is 11.0. The topological polar surface area (TPSA) is 75.2 Å². The molecule has 2 fully saturated rings. The summed E-state index contributed by atoms with van der Waals surface area (Å²) >= 11 is 0. The number of amides is 1. The number of rotatable bonds is 7. The number of carbonyl (C=O) groups excluding carboxylic acids is 1. The van der Waals surface area contributed by atoms with Crippen molar-refractivity contribution in [1.29, 1.82) is 0 Å². The van der Waals surface area contributed by atoms with Crippen molar-refractivity contribution in [3.63, 3.8) is 0 Å².